The first-order chi connectivity index (χ1) is 12.5. The van der Waals surface area contributed by atoms with E-state index in [4.69, 9.17) is 14.2 Å². The molecule has 138 valence electrons. The van der Waals surface area contributed by atoms with Crippen LogP contribution in [0.1, 0.15) is 28.7 Å². The second-order valence-corrected chi connectivity index (χ2v) is 5.14. The third-order valence-electron chi connectivity index (χ3n) is 3.26. The quantitative estimate of drug-likeness (QED) is 0.567. The summed E-state index contributed by atoms with van der Waals surface area (Å²) in [5.74, 6) is 0.846. The van der Waals surface area contributed by atoms with Gasteiger partial charge in [0, 0.05) is 11.3 Å². The normalized spacial score (nSPS) is 10.6. The van der Waals surface area contributed by atoms with Gasteiger partial charge in [0.1, 0.15) is 5.69 Å². The standard InChI is InChI=1S/C17H20N4O5/c1-5-26-15-13(24-3)7-11(8-14(15)25-4)9-18-21-16(22)12-6-10(2)19-17(23)20-12/h6-9H,5H2,1-4H3,(H,21,22)(H,19,20,23)/b18-9+. The first-order valence-electron chi connectivity index (χ1n) is 7.78. The fraction of sp³-hybridized carbons (Fsp3) is 0.294. The number of benzene rings is 1. The van der Waals surface area contributed by atoms with Crippen LogP contribution in [0.15, 0.2) is 28.1 Å². The Morgan fingerprint density at radius 2 is 1.92 bits per heavy atom. The number of carbonyl (C=O) groups excluding carboxylic acids is 1. The van der Waals surface area contributed by atoms with Crippen molar-refractivity contribution >= 4 is 12.1 Å². The minimum atomic E-state index is -0.597. The molecule has 1 aromatic carbocycles. The van der Waals surface area contributed by atoms with Gasteiger partial charge in [-0.15, -0.1) is 0 Å². The van der Waals surface area contributed by atoms with E-state index in [-0.39, 0.29) is 5.69 Å². The zero-order valence-corrected chi connectivity index (χ0v) is 15.0. The number of aromatic nitrogens is 2. The minimum Gasteiger partial charge on any atom is -0.493 e. The number of amides is 1. The average molecular weight is 360 g/mol. The van der Waals surface area contributed by atoms with Gasteiger partial charge in [-0.05, 0) is 32.0 Å². The number of rotatable bonds is 7. The van der Waals surface area contributed by atoms with Crippen LogP contribution in [0.2, 0.25) is 0 Å². The molecular formula is C17H20N4O5. The Balaban J connectivity index is 2.19. The summed E-state index contributed by atoms with van der Waals surface area (Å²) in [7, 11) is 3.03. The van der Waals surface area contributed by atoms with Gasteiger partial charge in [-0.1, -0.05) is 0 Å². The third kappa shape index (κ3) is 4.59. The Labute approximate surface area is 150 Å². The number of hydrazone groups is 1. The molecule has 0 bridgehead atoms. The van der Waals surface area contributed by atoms with Gasteiger partial charge in [0.05, 0.1) is 27.0 Å². The molecule has 0 aliphatic rings. The summed E-state index contributed by atoms with van der Waals surface area (Å²) >= 11 is 0. The maximum atomic E-state index is 12.0. The number of H-pyrrole nitrogens is 1. The molecule has 0 spiro atoms. The number of hydrogen-bond acceptors (Lipinski definition) is 7. The first-order valence-corrected chi connectivity index (χ1v) is 7.78. The molecule has 1 amide bonds. The lowest BCUT2D eigenvalue weighted by molar-refractivity contribution is 0.0949. The molecule has 1 aromatic heterocycles. The van der Waals surface area contributed by atoms with Crippen molar-refractivity contribution in [2.75, 3.05) is 20.8 Å². The van der Waals surface area contributed by atoms with E-state index in [9.17, 15) is 9.59 Å². The molecule has 26 heavy (non-hydrogen) atoms. The molecule has 0 unspecified atom stereocenters. The molecule has 0 saturated heterocycles. The molecule has 0 radical (unpaired) electrons. The fourth-order valence-electron chi connectivity index (χ4n) is 2.18. The smallest absolute Gasteiger partial charge is 0.345 e. The minimum absolute atomic E-state index is 0.0229. The first kappa shape index (κ1) is 19.0. The Hall–Kier alpha value is -3.36. The molecule has 1 heterocycles. The van der Waals surface area contributed by atoms with Crippen LogP contribution in [0.3, 0.4) is 0 Å². The molecule has 9 nitrogen and oxygen atoms in total. The van der Waals surface area contributed by atoms with Crippen molar-refractivity contribution in [3.05, 3.63) is 45.6 Å². The summed E-state index contributed by atoms with van der Waals surface area (Å²) < 4.78 is 16.1. The van der Waals surface area contributed by atoms with Crippen LogP contribution in [-0.4, -0.2) is 42.9 Å². The topological polar surface area (TPSA) is 115 Å². The highest BCUT2D eigenvalue weighted by atomic mass is 16.5. The number of aromatic amines is 1. The lowest BCUT2D eigenvalue weighted by atomic mass is 10.2. The lowest BCUT2D eigenvalue weighted by Crippen LogP contribution is -2.24. The lowest BCUT2D eigenvalue weighted by Gasteiger charge is -2.14. The van der Waals surface area contributed by atoms with Crippen molar-refractivity contribution in [3.63, 3.8) is 0 Å². The van der Waals surface area contributed by atoms with Crippen molar-refractivity contribution in [2.45, 2.75) is 13.8 Å². The zero-order valence-electron chi connectivity index (χ0n) is 15.0. The van der Waals surface area contributed by atoms with E-state index in [0.717, 1.165) is 0 Å². The number of hydrogen-bond donors (Lipinski definition) is 2. The summed E-state index contributed by atoms with van der Waals surface area (Å²) in [5, 5.41) is 3.88. The molecular weight excluding hydrogens is 340 g/mol. The van der Waals surface area contributed by atoms with E-state index in [1.54, 1.807) is 19.1 Å². The highest BCUT2D eigenvalue weighted by molar-refractivity contribution is 5.93. The molecule has 9 heteroatoms. The number of nitrogens with one attached hydrogen (secondary N) is 2. The molecule has 2 N–H and O–H groups in total. The van der Waals surface area contributed by atoms with Gasteiger partial charge in [0.25, 0.3) is 5.91 Å². The molecule has 0 aliphatic carbocycles. The summed E-state index contributed by atoms with van der Waals surface area (Å²) in [6, 6.07) is 4.84. The van der Waals surface area contributed by atoms with Gasteiger partial charge in [-0.3, -0.25) is 4.79 Å². The van der Waals surface area contributed by atoms with Crippen molar-refractivity contribution in [1.82, 2.24) is 15.4 Å². The van der Waals surface area contributed by atoms with Crippen LogP contribution in [-0.2, 0) is 0 Å². The van der Waals surface area contributed by atoms with Gasteiger partial charge < -0.3 is 19.2 Å². The maximum absolute atomic E-state index is 12.0. The highest BCUT2D eigenvalue weighted by Gasteiger charge is 2.13. The van der Waals surface area contributed by atoms with E-state index in [2.05, 4.69) is 20.5 Å². The predicted octanol–water partition coefficient (Wildman–Crippen LogP) is 1.26. The Kier molecular flexibility index (Phi) is 6.31. The van der Waals surface area contributed by atoms with Gasteiger partial charge in [-0.25, -0.2) is 10.2 Å². The number of carbonyl (C=O) groups is 1. The largest absolute Gasteiger partial charge is 0.493 e. The Bertz CT molecular complexity index is 851. The van der Waals surface area contributed by atoms with E-state index >= 15 is 0 Å². The van der Waals surface area contributed by atoms with E-state index < -0.39 is 11.6 Å². The van der Waals surface area contributed by atoms with Crippen molar-refractivity contribution in [2.24, 2.45) is 5.10 Å². The predicted molar refractivity (Wildman–Crippen MR) is 95.4 cm³/mol. The molecule has 0 saturated carbocycles. The van der Waals surface area contributed by atoms with Gasteiger partial charge in [0.15, 0.2) is 11.5 Å². The third-order valence-corrected chi connectivity index (χ3v) is 3.26. The van der Waals surface area contributed by atoms with Gasteiger partial charge in [-0.2, -0.15) is 10.1 Å². The zero-order chi connectivity index (χ0) is 19.1. The number of ether oxygens (including phenoxy) is 3. The molecule has 0 fully saturated rings. The van der Waals surface area contributed by atoms with Crippen LogP contribution < -0.4 is 25.3 Å². The van der Waals surface area contributed by atoms with Gasteiger partial charge in [0.2, 0.25) is 5.75 Å². The van der Waals surface area contributed by atoms with Crippen LogP contribution in [0.5, 0.6) is 17.2 Å². The summed E-state index contributed by atoms with van der Waals surface area (Å²) in [6.07, 6.45) is 1.42. The second-order valence-electron chi connectivity index (χ2n) is 5.14. The number of aryl methyl sites for hydroxylation is 1. The van der Waals surface area contributed by atoms with Crippen molar-refractivity contribution in [3.8, 4) is 17.2 Å². The van der Waals surface area contributed by atoms with Crippen LogP contribution in [0.25, 0.3) is 0 Å². The number of methoxy groups -OCH3 is 2. The molecule has 0 atom stereocenters. The van der Waals surface area contributed by atoms with Gasteiger partial charge >= 0.3 is 5.69 Å². The summed E-state index contributed by atoms with van der Waals surface area (Å²) in [4.78, 5) is 29.4. The molecule has 2 aromatic rings. The van der Waals surface area contributed by atoms with E-state index in [0.29, 0.717) is 35.1 Å². The average Bonchev–Trinajstić information content (AvgIpc) is 2.61. The molecule has 0 aliphatic heterocycles. The second kappa shape index (κ2) is 8.65. The number of nitrogens with zero attached hydrogens (tertiary/aromatic N) is 2. The van der Waals surface area contributed by atoms with Crippen LogP contribution in [0, 0.1) is 6.92 Å². The van der Waals surface area contributed by atoms with Crippen LogP contribution in [0.4, 0.5) is 0 Å². The summed E-state index contributed by atoms with van der Waals surface area (Å²) in [6.45, 7) is 3.97. The fourth-order valence-corrected chi connectivity index (χ4v) is 2.18. The maximum Gasteiger partial charge on any atom is 0.345 e. The van der Waals surface area contributed by atoms with E-state index in [1.165, 1.54) is 26.5 Å². The Morgan fingerprint density at radius 1 is 1.27 bits per heavy atom. The molecule has 2 rings (SSSR count). The highest BCUT2D eigenvalue weighted by Crippen LogP contribution is 2.38. The summed E-state index contributed by atoms with van der Waals surface area (Å²) in [5.41, 5.74) is 2.85. The monoisotopic (exact) mass is 360 g/mol. The van der Waals surface area contributed by atoms with Crippen molar-refractivity contribution in [1.29, 1.82) is 0 Å². The van der Waals surface area contributed by atoms with Crippen molar-refractivity contribution < 1.29 is 19.0 Å². The van der Waals surface area contributed by atoms with E-state index in [1.807, 2.05) is 6.92 Å². The SMILES string of the molecule is CCOc1c(OC)cc(/C=N/NC(=O)c2cc(C)[nH]c(=O)n2)cc1OC. The Morgan fingerprint density at radius 3 is 2.46 bits per heavy atom. The van der Waals surface area contributed by atoms with Crippen LogP contribution >= 0.6 is 0 Å².